The fraction of sp³-hybridized carbons (Fsp3) is 0.778. The van der Waals surface area contributed by atoms with Crippen LogP contribution in [0.2, 0.25) is 0 Å². The Morgan fingerprint density at radius 1 is 1.22 bits per heavy atom. The summed E-state index contributed by atoms with van der Waals surface area (Å²) in [5.41, 5.74) is -1.57. The van der Waals surface area contributed by atoms with Gasteiger partial charge >= 0.3 is 12.1 Å². The van der Waals surface area contributed by atoms with Crippen molar-refractivity contribution in [2.24, 2.45) is 17.8 Å². The van der Waals surface area contributed by atoms with Crippen molar-refractivity contribution < 1.29 is 19.1 Å². The molecule has 1 fully saturated rings. The van der Waals surface area contributed by atoms with E-state index in [9.17, 15) is 9.59 Å². The molecule has 1 aliphatic rings. The van der Waals surface area contributed by atoms with Gasteiger partial charge in [0.1, 0.15) is 11.1 Å². The Morgan fingerprint density at radius 2 is 1.78 bits per heavy atom. The second-order valence-corrected chi connectivity index (χ2v) is 7.86. The van der Waals surface area contributed by atoms with E-state index in [4.69, 9.17) is 9.47 Å². The third kappa shape index (κ3) is 5.56. The van der Waals surface area contributed by atoms with Gasteiger partial charge in [-0.2, -0.15) is 0 Å². The quantitative estimate of drug-likeness (QED) is 0.618. The summed E-state index contributed by atoms with van der Waals surface area (Å²) >= 11 is 0. The van der Waals surface area contributed by atoms with Crippen molar-refractivity contribution in [1.82, 2.24) is 5.32 Å². The number of amides is 1. The van der Waals surface area contributed by atoms with Crippen LogP contribution in [-0.2, 0) is 14.3 Å². The molecule has 0 aromatic heterocycles. The van der Waals surface area contributed by atoms with Crippen LogP contribution in [0, 0.1) is 17.8 Å². The molecule has 0 aliphatic heterocycles. The van der Waals surface area contributed by atoms with Crippen LogP contribution in [0.15, 0.2) is 12.2 Å². The van der Waals surface area contributed by atoms with Crippen LogP contribution < -0.4 is 5.32 Å². The number of hydrogen-bond donors (Lipinski definition) is 1. The van der Waals surface area contributed by atoms with Crippen molar-refractivity contribution in [1.29, 1.82) is 0 Å². The Kier molecular flexibility index (Phi) is 6.25. The lowest BCUT2D eigenvalue weighted by Gasteiger charge is -2.44. The van der Waals surface area contributed by atoms with Crippen molar-refractivity contribution >= 4 is 12.1 Å². The molecule has 0 bridgehead atoms. The van der Waals surface area contributed by atoms with Gasteiger partial charge in [-0.1, -0.05) is 32.9 Å². The van der Waals surface area contributed by atoms with Crippen LogP contribution in [0.3, 0.4) is 0 Å². The predicted molar refractivity (Wildman–Crippen MR) is 90.0 cm³/mol. The molecule has 0 spiro atoms. The highest BCUT2D eigenvalue weighted by atomic mass is 16.6. The molecule has 1 atom stereocenters. The molecule has 23 heavy (non-hydrogen) atoms. The number of allylic oxidation sites excluding steroid dienone is 2. The smallest absolute Gasteiger partial charge is 0.408 e. The monoisotopic (exact) mass is 325 g/mol. The van der Waals surface area contributed by atoms with Crippen molar-refractivity contribution in [2.45, 2.75) is 65.5 Å². The Balaban J connectivity index is 2.68. The first kappa shape index (κ1) is 19.5. The highest BCUT2D eigenvalue weighted by Gasteiger charge is 2.52. The number of alkyl carbamates (subject to hydrolysis) is 1. The second kappa shape index (κ2) is 7.37. The van der Waals surface area contributed by atoms with Crippen LogP contribution in [-0.4, -0.2) is 30.3 Å². The largest absolute Gasteiger partial charge is 0.467 e. The molecule has 0 aromatic carbocycles. The van der Waals surface area contributed by atoms with Gasteiger partial charge in [0.25, 0.3) is 0 Å². The molecule has 1 rings (SSSR count). The number of nitrogens with one attached hydrogen (secondary N) is 1. The first-order valence-electron chi connectivity index (χ1n) is 8.27. The number of esters is 1. The van der Waals surface area contributed by atoms with Gasteiger partial charge in [0, 0.05) is 0 Å². The first-order valence-corrected chi connectivity index (χ1v) is 8.27. The average Bonchev–Trinajstić information content (AvgIpc) is 2.37. The maximum atomic E-state index is 12.1. The fourth-order valence-electron chi connectivity index (χ4n) is 2.54. The zero-order chi connectivity index (χ0) is 17.8. The molecule has 1 N–H and O–H groups in total. The fourth-order valence-corrected chi connectivity index (χ4v) is 2.54. The zero-order valence-corrected chi connectivity index (χ0v) is 15.4. The third-order valence-corrected chi connectivity index (χ3v) is 4.28. The van der Waals surface area contributed by atoms with E-state index in [0.29, 0.717) is 24.7 Å². The van der Waals surface area contributed by atoms with E-state index in [1.165, 1.54) is 7.11 Å². The summed E-state index contributed by atoms with van der Waals surface area (Å²) in [6.45, 7) is 11.9. The van der Waals surface area contributed by atoms with E-state index in [-0.39, 0.29) is 5.92 Å². The molecular formula is C18H31NO4. The highest BCUT2D eigenvalue weighted by Crippen LogP contribution is 2.40. The second-order valence-electron chi connectivity index (χ2n) is 7.86. The summed E-state index contributed by atoms with van der Waals surface area (Å²) in [5.74, 6) is 0.925. The van der Waals surface area contributed by atoms with E-state index in [2.05, 4.69) is 38.2 Å². The van der Waals surface area contributed by atoms with Crippen LogP contribution in [0.4, 0.5) is 4.79 Å². The minimum Gasteiger partial charge on any atom is -0.467 e. The highest BCUT2D eigenvalue weighted by molar-refractivity contribution is 5.87. The van der Waals surface area contributed by atoms with Gasteiger partial charge < -0.3 is 14.8 Å². The molecule has 1 saturated carbocycles. The number of rotatable bonds is 5. The number of methoxy groups -OCH3 is 1. The van der Waals surface area contributed by atoms with E-state index >= 15 is 0 Å². The van der Waals surface area contributed by atoms with Crippen LogP contribution >= 0.6 is 0 Å². The first-order chi connectivity index (χ1) is 10.5. The van der Waals surface area contributed by atoms with Gasteiger partial charge in [0.15, 0.2) is 0 Å². The summed E-state index contributed by atoms with van der Waals surface area (Å²) < 4.78 is 10.1. The van der Waals surface area contributed by atoms with Crippen molar-refractivity contribution in [3.63, 3.8) is 0 Å². The summed E-state index contributed by atoms with van der Waals surface area (Å²) in [6, 6.07) is 0. The lowest BCUT2D eigenvalue weighted by Crippen LogP contribution is -2.63. The summed E-state index contributed by atoms with van der Waals surface area (Å²) in [4.78, 5) is 24.1. The Morgan fingerprint density at radius 3 is 2.22 bits per heavy atom. The number of hydrogen-bond acceptors (Lipinski definition) is 4. The minimum atomic E-state index is -0.965. The lowest BCUT2D eigenvalue weighted by molar-refractivity contribution is -0.154. The molecule has 0 radical (unpaired) electrons. The number of carbonyl (C=O) groups is 2. The summed E-state index contributed by atoms with van der Waals surface area (Å²) in [7, 11) is 1.34. The normalized spacial score (nSPS) is 25.8. The van der Waals surface area contributed by atoms with Crippen molar-refractivity contribution in [2.75, 3.05) is 7.11 Å². The van der Waals surface area contributed by atoms with E-state index in [1.54, 1.807) is 20.8 Å². The molecule has 0 aromatic rings. The minimum absolute atomic E-state index is 0.269. The van der Waals surface area contributed by atoms with Crippen molar-refractivity contribution in [3.8, 4) is 0 Å². The van der Waals surface area contributed by atoms with Gasteiger partial charge in [-0.05, 0) is 51.4 Å². The van der Waals surface area contributed by atoms with Crippen LogP contribution in [0.1, 0.15) is 54.4 Å². The third-order valence-electron chi connectivity index (χ3n) is 4.28. The summed E-state index contributed by atoms with van der Waals surface area (Å²) in [5, 5.41) is 2.71. The van der Waals surface area contributed by atoms with Crippen molar-refractivity contribution in [3.05, 3.63) is 12.2 Å². The standard InChI is InChI=1S/C18H31NO4/c1-12(2)13(3)8-9-14-10-18(11-14,15(20)22-7)19-16(21)23-17(4,5)6/h8-9,12-14H,10-11H2,1-7H3,(H,19,21)/b9-8-. The molecular weight excluding hydrogens is 294 g/mol. The Bertz CT molecular complexity index is 456. The zero-order valence-electron chi connectivity index (χ0n) is 15.4. The van der Waals surface area contributed by atoms with Gasteiger partial charge in [-0.15, -0.1) is 0 Å². The molecule has 0 saturated heterocycles. The van der Waals surface area contributed by atoms with Gasteiger partial charge in [-0.25, -0.2) is 9.59 Å². The van der Waals surface area contributed by atoms with Crippen LogP contribution in [0.5, 0.6) is 0 Å². The number of carbonyl (C=O) groups excluding carboxylic acids is 2. The molecule has 5 heteroatoms. The lowest BCUT2D eigenvalue weighted by atomic mass is 9.67. The van der Waals surface area contributed by atoms with Gasteiger partial charge in [-0.3, -0.25) is 0 Å². The predicted octanol–water partition coefficient (Wildman–Crippen LogP) is 3.68. The van der Waals surface area contributed by atoms with Gasteiger partial charge in [0.05, 0.1) is 7.11 Å². The van der Waals surface area contributed by atoms with E-state index in [1.807, 2.05) is 0 Å². The topological polar surface area (TPSA) is 64.6 Å². The molecule has 0 heterocycles. The average molecular weight is 325 g/mol. The maximum Gasteiger partial charge on any atom is 0.408 e. The molecule has 1 aliphatic carbocycles. The maximum absolute atomic E-state index is 12.1. The Hall–Kier alpha value is -1.52. The Labute approximate surface area is 139 Å². The van der Waals surface area contributed by atoms with Crippen LogP contribution in [0.25, 0.3) is 0 Å². The molecule has 1 amide bonds. The molecule has 132 valence electrons. The van der Waals surface area contributed by atoms with Gasteiger partial charge in [0.2, 0.25) is 0 Å². The van der Waals surface area contributed by atoms with E-state index in [0.717, 1.165) is 0 Å². The summed E-state index contributed by atoms with van der Waals surface area (Å²) in [6.07, 6.45) is 4.83. The SMILES string of the molecule is COC(=O)C1(NC(=O)OC(C)(C)C)CC(/C=C\C(C)C(C)C)C1. The van der Waals surface area contributed by atoms with E-state index < -0.39 is 23.2 Å². The molecule has 1 unspecified atom stereocenters. The molecule has 5 nitrogen and oxygen atoms in total. The number of ether oxygens (including phenoxy) is 2.